The monoisotopic (exact) mass is 433 g/mol. The van der Waals surface area contributed by atoms with Crippen molar-refractivity contribution >= 4 is 23.3 Å². The summed E-state index contributed by atoms with van der Waals surface area (Å²) < 4.78 is 15.4. The van der Waals surface area contributed by atoms with Crippen LogP contribution in [0.15, 0.2) is 29.2 Å². The molecule has 7 nitrogen and oxygen atoms in total. The van der Waals surface area contributed by atoms with E-state index < -0.39 is 28.7 Å². The number of Topliss-reactive ketones (excluding diaryl/α,β-unsaturated/α-hetero) is 1. The summed E-state index contributed by atoms with van der Waals surface area (Å²) in [4.78, 5) is 39.7. The molecule has 0 spiro atoms. The molecule has 4 rings (SSSR count). The third kappa shape index (κ3) is 3.15. The van der Waals surface area contributed by atoms with Gasteiger partial charge < -0.3 is 10.0 Å². The fraction of sp³-hybridized carbons (Fsp3) is 0.381. The quantitative estimate of drug-likeness (QED) is 0.749. The molecule has 158 valence electrons. The lowest BCUT2D eigenvalue weighted by Crippen LogP contribution is -2.59. The van der Waals surface area contributed by atoms with Gasteiger partial charge in [0.25, 0.3) is 5.91 Å². The molecule has 30 heavy (non-hydrogen) atoms. The van der Waals surface area contributed by atoms with Crippen molar-refractivity contribution in [2.24, 2.45) is 0 Å². The SMILES string of the molecule is C[C@@H]1CC[C@H]2N(C)C(=O)c3c(O)c(=O)c(C(=O)CCc4ccc(Cl)cc4F)cn3N12. The summed E-state index contributed by atoms with van der Waals surface area (Å²) in [5.74, 6) is -2.27. The molecule has 1 amide bonds. The molecule has 0 unspecified atom stereocenters. The van der Waals surface area contributed by atoms with Gasteiger partial charge in [0.15, 0.2) is 17.2 Å². The fourth-order valence-corrected chi connectivity index (χ4v) is 4.41. The molecule has 3 heterocycles. The maximum absolute atomic E-state index is 14.0. The first-order valence-electron chi connectivity index (χ1n) is 9.72. The molecule has 0 aliphatic carbocycles. The van der Waals surface area contributed by atoms with E-state index in [0.717, 1.165) is 18.9 Å². The molecule has 0 radical (unpaired) electrons. The number of halogens is 2. The van der Waals surface area contributed by atoms with Gasteiger partial charge in [-0.25, -0.2) is 4.39 Å². The third-order valence-electron chi connectivity index (χ3n) is 5.92. The van der Waals surface area contributed by atoms with Crippen LogP contribution in [0.25, 0.3) is 0 Å². The Balaban J connectivity index is 1.70. The maximum atomic E-state index is 14.0. The number of ketones is 1. The minimum absolute atomic E-state index is 0.0531. The van der Waals surface area contributed by atoms with Crippen molar-refractivity contribution in [3.05, 3.63) is 62.3 Å². The van der Waals surface area contributed by atoms with Gasteiger partial charge in [-0.3, -0.25) is 24.1 Å². The molecule has 1 saturated heterocycles. The Bertz CT molecular complexity index is 1120. The van der Waals surface area contributed by atoms with E-state index in [0.29, 0.717) is 5.56 Å². The van der Waals surface area contributed by atoms with Gasteiger partial charge in [-0.2, -0.15) is 0 Å². The first kappa shape index (κ1) is 20.4. The van der Waals surface area contributed by atoms with Crippen LogP contribution in [-0.4, -0.2) is 45.6 Å². The topological polar surface area (TPSA) is 82.9 Å². The molecule has 1 fully saturated rings. The predicted octanol–water partition coefficient (Wildman–Crippen LogP) is 2.69. The van der Waals surface area contributed by atoms with Crippen LogP contribution < -0.4 is 10.4 Å². The number of pyridine rings is 1. The highest BCUT2D eigenvalue weighted by Crippen LogP contribution is 2.32. The fourth-order valence-electron chi connectivity index (χ4n) is 4.25. The van der Waals surface area contributed by atoms with Gasteiger partial charge in [-0.05, 0) is 43.9 Å². The van der Waals surface area contributed by atoms with Crippen LogP contribution in [0.1, 0.15) is 52.6 Å². The lowest BCUT2D eigenvalue weighted by molar-refractivity contribution is 0.0649. The zero-order valence-corrected chi connectivity index (χ0v) is 17.3. The molecule has 1 aromatic heterocycles. The summed E-state index contributed by atoms with van der Waals surface area (Å²) in [6.07, 6.45) is 2.64. The van der Waals surface area contributed by atoms with Gasteiger partial charge in [0, 0.05) is 30.7 Å². The van der Waals surface area contributed by atoms with Gasteiger partial charge in [-0.1, -0.05) is 17.7 Å². The normalized spacial score (nSPS) is 20.3. The lowest BCUT2D eigenvalue weighted by Gasteiger charge is -2.43. The zero-order valence-electron chi connectivity index (χ0n) is 16.6. The van der Waals surface area contributed by atoms with Gasteiger partial charge in [0.2, 0.25) is 5.43 Å². The summed E-state index contributed by atoms with van der Waals surface area (Å²) in [6.45, 7) is 1.98. The largest absolute Gasteiger partial charge is 0.502 e. The van der Waals surface area contributed by atoms with E-state index in [1.807, 2.05) is 11.9 Å². The summed E-state index contributed by atoms with van der Waals surface area (Å²) >= 11 is 5.74. The molecule has 0 saturated carbocycles. The summed E-state index contributed by atoms with van der Waals surface area (Å²) in [5.41, 5.74) is -0.955. The Morgan fingerprint density at radius 2 is 2.03 bits per heavy atom. The standard InChI is InChI=1S/C21H21ClFN3O4/c1-11-3-8-17-24(2)21(30)18-20(29)19(28)14(10-25(18)26(11)17)16(27)7-5-12-4-6-13(22)9-15(12)23/h4,6,9-11,17,29H,3,5,7-8H2,1-2H3/t11-,17+/m1/s1. The molecule has 2 atom stereocenters. The van der Waals surface area contributed by atoms with Crippen molar-refractivity contribution in [3.8, 4) is 5.75 Å². The number of carbonyl (C=O) groups excluding carboxylic acids is 2. The van der Waals surface area contributed by atoms with Crippen molar-refractivity contribution in [1.29, 1.82) is 0 Å². The summed E-state index contributed by atoms with van der Waals surface area (Å²) in [6, 6.07) is 4.24. The molecule has 1 N–H and O–H groups in total. The number of nitrogens with zero attached hydrogens (tertiary/aromatic N) is 3. The van der Waals surface area contributed by atoms with Crippen molar-refractivity contribution in [3.63, 3.8) is 0 Å². The first-order valence-corrected chi connectivity index (χ1v) is 10.1. The van der Waals surface area contributed by atoms with Crippen LogP contribution in [0.4, 0.5) is 4.39 Å². The van der Waals surface area contributed by atoms with Crippen LogP contribution in [-0.2, 0) is 6.42 Å². The highest BCUT2D eigenvalue weighted by Gasteiger charge is 2.43. The molecule has 2 aliphatic rings. The summed E-state index contributed by atoms with van der Waals surface area (Å²) in [7, 11) is 1.63. The number of aryl methyl sites for hydroxylation is 1. The Labute approximate surface area is 177 Å². The molecule has 0 bridgehead atoms. The second kappa shape index (κ2) is 7.43. The number of hydrogen-bond donors (Lipinski definition) is 1. The number of carbonyl (C=O) groups is 2. The molecule has 1 aromatic carbocycles. The van der Waals surface area contributed by atoms with Gasteiger partial charge in [0.05, 0.1) is 5.56 Å². The number of hydrogen-bond acceptors (Lipinski definition) is 5. The number of amides is 1. The number of aromatic nitrogens is 1. The van der Waals surface area contributed by atoms with Crippen molar-refractivity contribution in [2.45, 2.75) is 44.8 Å². The van der Waals surface area contributed by atoms with Gasteiger partial charge in [0.1, 0.15) is 12.0 Å². The van der Waals surface area contributed by atoms with E-state index in [1.165, 1.54) is 27.9 Å². The highest BCUT2D eigenvalue weighted by atomic mass is 35.5. The Kier molecular flexibility index (Phi) is 5.05. The van der Waals surface area contributed by atoms with Crippen LogP contribution in [0, 0.1) is 5.82 Å². The molecule has 9 heteroatoms. The lowest BCUT2D eigenvalue weighted by atomic mass is 10.0. The second-order valence-electron chi connectivity index (χ2n) is 7.78. The number of aromatic hydroxyl groups is 1. The van der Waals surface area contributed by atoms with Crippen molar-refractivity contribution in [2.75, 3.05) is 12.1 Å². The predicted molar refractivity (Wildman–Crippen MR) is 109 cm³/mol. The number of rotatable bonds is 4. The maximum Gasteiger partial charge on any atom is 0.277 e. The van der Waals surface area contributed by atoms with Crippen molar-refractivity contribution < 1.29 is 19.1 Å². The highest BCUT2D eigenvalue weighted by molar-refractivity contribution is 6.30. The van der Waals surface area contributed by atoms with E-state index in [1.54, 1.807) is 7.05 Å². The zero-order chi connectivity index (χ0) is 21.7. The first-order chi connectivity index (χ1) is 14.2. The Morgan fingerprint density at radius 3 is 2.73 bits per heavy atom. The van der Waals surface area contributed by atoms with E-state index in [4.69, 9.17) is 11.6 Å². The molecule has 2 aromatic rings. The van der Waals surface area contributed by atoms with Crippen LogP contribution in [0.3, 0.4) is 0 Å². The molecular formula is C21H21ClFN3O4. The smallest absolute Gasteiger partial charge is 0.277 e. The second-order valence-corrected chi connectivity index (χ2v) is 8.21. The van der Waals surface area contributed by atoms with E-state index >= 15 is 0 Å². The number of benzene rings is 1. The van der Waals surface area contributed by atoms with Crippen LogP contribution in [0.5, 0.6) is 5.75 Å². The molecule has 2 aliphatic heterocycles. The number of fused-ring (bicyclic) bond motifs is 3. The van der Waals surface area contributed by atoms with Crippen molar-refractivity contribution in [1.82, 2.24) is 9.58 Å². The Hall–Kier alpha value is -2.87. The third-order valence-corrected chi connectivity index (χ3v) is 6.15. The van der Waals surface area contributed by atoms with E-state index in [9.17, 15) is 23.9 Å². The summed E-state index contributed by atoms with van der Waals surface area (Å²) in [5, 5.41) is 12.6. The average molecular weight is 434 g/mol. The van der Waals surface area contributed by atoms with Gasteiger partial charge in [-0.15, -0.1) is 0 Å². The van der Waals surface area contributed by atoms with Gasteiger partial charge >= 0.3 is 0 Å². The van der Waals surface area contributed by atoms with Crippen LogP contribution >= 0.6 is 11.6 Å². The van der Waals surface area contributed by atoms with E-state index in [2.05, 4.69) is 0 Å². The molecular weight excluding hydrogens is 413 g/mol. The Morgan fingerprint density at radius 1 is 1.30 bits per heavy atom. The minimum atomic E-state index is -0.894. The minimum Gasteiger partial charge on any atom is -0.502 e. The van der Waals surface area contributed by atoms with E-state index in [-0.39, 0.29) is 41.3 Å². The van der Waals surface area contributed by atoms with Crippen LogP contribution in [0.2, 0.25) is 5.02 Å². The average Bonchev–Trinajstić information content (AvgIpc) is 3.09.